The molecule has 0 spiro atoms. The zero-order valence-electron chi connectivity index (χ0n) is 7.59. The molecule has 0 rings (SSSR count). The van der Waals surface area contributed by atoms with E-state index in [4.69, 9.17) is 0 Å². The van der Waals surface area contributed by atoms with E-state index < -0.39 is 0 Å². The standard InChI is InChI=1S/C8H17AsN2/c1-4-10-7-11-6-5-8(2,3)9/h4-6,9H2,1-3H3. The maximum absolute atomic E-state index is 4.04. The van der Waals surface area contributed by atoms with E-state index in [1.807, 2.05) is 6.92 Å². The van der Waals surface area contributed by atoms with Gasteiger partial charge < -0.3 is 0 Å². The van der Waals surface area contributed by atoms with E-state index in [9.17, 15) is 0 Å². The van der Waals surface area contributed by atoms with Crippen molar-refractivity contribution in [2.75, 3.05) is 13.1 Å². The number of nitrogens with zero attached hydrogens (tertiary/aromatic N) is 2. The predicted molar refractivity (Wildman–Crippen MR) is 52.5 cm³/mol. The summed E-state index contributed by atoms with van der Waals surface area (Å²) in [6.07, 6.45) is 1.12. The summed E-state index contributed by atoms with van der Waals surface area (Å²) in [7, 11) is 0. The van der Waals surface area contributed by atoms with E-state index in [1.54, 1.807) is 16.9 Å². The van der Waals surface area contributed by atoms with Crippen LogP contribution in [-0.4, -0.2) is 36.0 Å². The van der Waals surface area contributed by atoms with Crippen molar-refractivity contribution in [3.05, 3.63) is 0 Å². The van der Waals surface area contributed by atoms with Gasteiger partial charge in [0.05, 0.1) is 0 Å². The monoisotopic (exact) mass is 216 g/mol. The molecular weight excluding hydrogens is 199 g/mol. The molecule has 0 aromatic carbocycles. The van der Waals surface area contributed by atoms with Gasteiger partial charge in [-0.25, -0.2) is 0 Å². The van der Waals surface area contributed by atoms with E-state index in [1.165, 1.54) is 0 Å². The molecule has 0 aliphatic carbocycles. The molecule has 0 aromatic heterocycles. The van der Waals surface area contributed by atoms with Gasteiger partial charge in [-0.1, -0.05) is 0 Å². The molecule has 0 aromatic rings. The van der Waals surface area contributed by atoms with E-state index >= 15 is 0 Å². The molecule has 1 unspecified atom stereocenters. The van der Waals surface area contributed by atoms with Gasteiger partial charge in [0.1, 0.15) is 0 Å². The van der Waals surface area contributed by atoms with E-state index in [-0.39, 0.29) is 0 Å². The third-order valence-corrected chi connectivity index (χ3v) is 1.77. The van der Waals surface area contributed by atoms with Crippen molar-refractivity contribution in [3.63, 3.8) is 0 Å². The third kappa shape index (κ3) is 9.94. The van der Waals surface area contributed by atoms with Crippen molar-refractivity contribution in [2.45, 2.75) is 31.4 Å². The Morgan fingerprint density at radius 1 is 1.36 bits per heavy atom. The molecule has 2 nitrogen and oxygen atoms in total. The van der Waals surface area contributed by atoms with Crippen molar-refractivity contribution in [1.29, 1.82) is 0 Å². The van der Waals surface area contributed by atoms with Gasteiger partial charge in [0.15, 0.2) is 0 Å². The summed E-state index contributed by atoms with van der Waals surface area (Å²) in [5, 5.41) is 0. The van der Waals surface area contributed by atoms with Crippen LogP contribution in [0.4, 0.5) is 0 Å². The molecule has 0 amide bonds. The molecule has 1 atom stereocenters. The fourth-order valence-electron chi connectivity index (χ4n) is 0.515. The SMILES string of the molecule is CCN=C=NCCC(C)(C)[AsH2]. The Labute approximate surface area is 77.7 Å². The fourth-order valence-corrected chi connectivity index (χ4v) is 0.786. The molecule has 11 heavy (non-hydrogen) atoms. The van der Waals surface area contributed by atoms with Crippen molar-refractivity contribution < 1.29 is 0 Å². The van der Waals surface area contributed by atoms with Crippen LogP contribution >= 0.6 is 0 Å². The van der Waals surface area contributed by atoms with E-state index in [0.717, 1.165) is 19.5 Å². The third-order valence-electron chi connectivity index (χ3n) is 1.17. The second-order valence-electron chi connectivity index (χ2n) is 3.19. The van der Waals surface area contributed by atoms with Crippen LogP contribution in [0.3, 0.4) is 0 Å². The zero-order valence-corrected chi connectivity index (χ0v) is 10.0. The molecule has 0 aliphatic rings. The Balaban J connectivity index is 3.50. The van der Waals surface area contributed by atoms with Crippen LogP contribution in [0, 0.1) is 0 Å². The van der Waals surface area contributed by atoms with Gasteiger partial charge in [-0.3, -0.25) is 0 Å². The molecule has 0 heterocycles. The summed E-state index contributed by atoms with van der Waals surface area (Å²) in [4.78, 5) is 7.92. The van der Waals surface area contributed by atoms with Crippen molar-refractivity contribution in [3.8, 4) is 0 Å². The number of rotatable bonds is 4. The topological polar surface area (TPSA) is 24.7 Å². The van der Waals surface area contributed by atoms with Crippen molar-refractivity contribution >= 4 is 22.9 Å². The molecular formula is C8H17AsN2. The predicted octanol–water partition coefficient (Wildman–Crippen LogP) is 1.40. The van der Waals surface area contributed by atoms with Crippen LogP contribution in [0.15, 0.2) is 9.98 Å². The average molecular weight is 216 g/mol. The van der Waals surface area contributed by atoms with Crippen molar-refractivity contribution in [2.24, 2.45) is 9.98 Å². The molecule has 0 aliphatic heterocycles. The van der Waals surface area contributed by atoms with Gasteiger partial charge in [0, 0.05) is 0 Å². The molecule has 0 fully saturated rings. The van der Waals surface area contributed by atoms with Crippen LogP contribution in [-0.2, 0) is 0 Å². The Bertz CT molecular complexity index is 152. The van der Waals surface area contributed by atoms with Crippen LogP contribution in [0.5, 0.6) is 0 Å². The second-order valence-corrected chi connectivity index (χ2v) is 6.47. The first-order valence-corrected chi connectivity index (χ1v) is 5.14. The molecule has 64 valence electrons. The molecule has 0 N–H and O–H groups in total. The summed E-state index contributed by atoms with van der Waals surface area (Å²) in [6.45, 7) is 8.09. The normalized spacial score (nSPS) is 10.5. The Morgan fingerprint density at radius 2 is 2.00 bits per heavy atom. The van der Waals surface area contributed by atoms with Gasteiger partial charge in [0.2, 0.25) is 0 Å². The Kier molecular flexibility index (Phi) is 5.54. The van der Waals surface area contributed by atoms with Gasteiger partial charge >= 0.3 is 77.3 Å². The minimum absolute atomic E-state index is 0.435. The quantitative estimate of drug-likeness (QED) is 0.501. The Hall–Kier alpha value is -0.0616. The summed E-state index contributed by atoms with van der Waals surface area (Å²) in [5.74, 6) is 0. The average Bonchev–Trinajstić information content (AvgIpc) is 1.85. The molecule has 0 saturated heterocycles. The Morgan fingerprint density at radius 3 is 2.45 bits per heavy atom. The number of hydrogen-bond donors (Lipinski definition) is 0. The van der Waals surface area contributed by atoms with Crippen LogP contribution < -0.4 is 0 Å². The molecule has 3 heteroatoms. The summed E-state index contributed by atoms with van der Waals surface area (Å²) in [6, 6.07) is 2.66. The van der Waals surface area contributed by atoms with Gasteiger partial charge in [-0.2, -0.15) is 0 Å². The summed E-state index contributed by atoms with van der Waals surface area (Å²) < 4.78 is 0.435. The fraction of sp³-hybridized carbons (Fsp3) is 0.875. The summed E-state index contributed by atoms with van der Waals surface area (Å²) >= 11 is 1.77. The number of aliphatic imine (C=N–C) groups is 2. The van der Waals surface area contributed by atoms with Crippen LogP contribution in [0.25, 0.3) is 0 Å². The van der Waals surface area contributed by atoms with Gasteiger partial charge in [-0.15, -0.1) is 0 Å². The summed E-state index contributed by atoms with van der Waals surface area (Å²) in [5.41, 5.74) is 0. The zero-order chi connectivity index (χ0) is 8.74. The molecule has 0 radical (unpaired) electrons. The van der Waals surface area contributed by atoms with Crippen molar-refractivity contribution in [1.82, 2.24) is 0 Å². The maximum atomic E-state index is 4.04. The first-order valence-electron chi connectivity index (χ1n) is 3.93. The van der Waals surface area contributed by atoms with Gasteiger partial charge in [0.25, 0.3) is 0 Å². The molecule has 0 saturated carbocycles. The van der Waals surface area contributed by atoms with Gasteiger partial charge in [-0.05, 0) is 0 Å². The minimum atomic E-state index is 0.435. The van der Waals surface area contributed by atoms with Crippen LogP contribution in [0.1, 0.15) is 27.2 Å². The first-order chi connectivity index (χ1) is 5.06. The number of hydrogen-bond acceptors (Lipinski definition) is 2. The molecule has 0 bridgehead atoms. The van der Waals surface area contributed by atoms with E-state index in [2.05, 4.69) is 29.8 Å². The van der Waals surface area contributed by atoms with Crippen LogP contribution in [0.2, 0.25) is 4.20 Å². The van der Waals surface area contributed by atoms with E-state index in [0.29, 0.717) is 4.20 Å². The second kappa shape index (κ2) is 5.57. The first kappa shape index (κ1) is 10.9.